The van der Waals surface area contributed by atoms with Crippen LogP contribution in [-0.2, 0) is 13.6 Å². The van der Waals surface area contributed by atoms with Crippen molar-refractivity contribution < 1.29 is 0 Å². The summed E-state index contributed by atoms with van der Waals surface area (Å²) in [7, 11) is 1.85. The zero-order valence-corrected chi connectivity index (χ0v) is 20.5. The first kappa shape index (κ1) is 23.0. The zero-order chi connectivity index (χ0) is 25.2. The molecule has 186 valence electrons. The first-order valence-electron chi connectivity index (χ1n) is 12.4. The van der Waals surface area contributed by atoms with Gasteiger partial charge in [0.15, 0.2) is 5.82 Å². The van der Waals surface area contributed by atoms with Crippen molar-refractivity contribution in [2.24, 2.45) is 7.05 Å². The highest BCUT2D eigenvalue weighted by atomic mass is 16.1. The molecule has 1 saturated heterocycles. The van der Waals surface area contributed by atoms with Gasteiger partial charge in [0.25, 0.3) is 5.56 Å². The lowest BCUT2D eigenvalue weighted by Crippen LogP contribution is -2.29. The highest BCUT2D eigenvalue weighted by molar-refractivity contribution is 5.63. The van der Waals surface area contributed by atoms with E-state index < -0.39 is 0 Å². The molecule has 1 aromatic carbocycles. The number of hydrogen-bond donors (Lipinski definition) is 1. The van der Waals surface area contributed by atoms with E-state index in [1.165, 1.54) is 10.7 Å². The van der Waals surface area contributed by atoms with Crippen molar-refractivity contribution in [1.82, 2.24) is 44.6 Å². The fourth-order valence-electron chi connectivity index (χ4n) is 4.64. The molecule has 1 aliphatic rings. The third-order valence-electron chi connectivity index (χ3n) is 6.65. The van der Waals surface area contributed by atoms with E-state index in [0.717, 1.165) is 53.7 Å². The van der Waals surface area contributed by atoms with Crippen molar-refractivity contribution in [2.75, 3.05) is 13.1 Å². The summed E-state index contributed by atoms with van der Waals surface area (Å²) >= 11 is 0. The number of hydrogen-bond acceptors (Lipinski definition) is 7. The van der Waals surface area contributed by atoms with Gasteiger partial charge in [-0.3, -0.25) is 14.2 Å². The minimum atomic E-state index is -0.163. The maximum absolute atomic E-state index is 12.5. The second kappa shape index (κ2) is 9.90. The van der Waals surface area contributed by atoms with E-state index >= 15 is 0 Å². The van der Waals surface area contributed by atoms with Gasteiger partial charge in [-0.1, -0.05) is 18.2 Å². The van der Waals surface area contributed by atoms with Crippen LogP contribution in [0.4, 0.5) is 0 Å². The Morgan fingerprint density at radius 1 is 0.892 bits per heavy atom. The Morgan fingerprint density at radius 3 is 2.49 bits per heavy atom. The monoisotopic (exact) mass is 493 g/mol. The number of rotatable bonds is 6. The lowest BCUT2D eigenvalue weighted by Gasteiger charge is -2.22. The average molecular weight is 494 g/mol. The smallest absolute Gasteiger partial charge is 0.267 e. The SMILES string of the molecule is Cn1cc(-c2ccc(=O)n(Cc3cccc(-c4ncc(-c5cnn(C6CCNCC6)c5)cn4)c3)n2)cn1. The number of aryl methyl sites for hydroxylation is 1. The van der Waals surface area contributed by atoms with Crippen LogP contribution in [0.5, 0.6) is 0 Å². The van der Waals surface area contributed by atoms with E-state index in [1.807, 2.05) is 56.1 Å². The fraction of sp³-hybridized carbons (Fsp3) is 0.259. The number of benzene rings is 1. The summed E-state index contributed by atoms with van der Waals surface area (Å²) in [5.74, 6) is 0.626. The summed E-state index contributed by atoms with van der Waals surface area (Å²) in [5, 5.41) is 16.7. The molecule has 0 atom stereocenters. The van der Waals surface area contributed by atoms with E-state index in [2.05, 4.69) is 41.5 Å². The number of piperidine rings is 1. The third-order valence-corrected chi connectivity index (χ3v) is 6.65. The topological polar surface area (TPSA) is 108 Å². The van der Waals surface area contributed by atoms with E-state index in [-0.39, 0.29) is 5.56 Å². The minimum Gasteiger partial charge on any atom is -0.317 e. The third kappa shape index (κ3) is 4.96. The Bertz CT molecular complexity index is 1580. The maximum Gasteiger partial charge on any atom is 0.267 e. The Balaban J connectivity index is 1.20. The van der Waals surface area contributed by atoms with Gasteiger partial charge in [0, 0.05) is 60.2 Å². The molecule has 0 saturated carbocycles. The Labute approximate surface area is 213 Å². The summed E-state index contributed by atoms with van der Waals surface area (Å²) in [4.78, 5) is 21.7. The van der Waals surface area contributed by atoms with Gasteiger partial charge in [-0.15, -0.1) is 0 Å². The molecule has 10 nitrogen and oxygen atoms in total. The van der Waals surface area contributed by atoms with Crippen molar-refractivity contribution in [2.45, 2.75) is 25.4 Å². The van der Waals surface area contributed by atoms with Gasteiger partial charge in [0.2, 0.25) is 0 Å². The lowest BCUT2D eigenvalue weighted by molar-refractivity contribution is 0.343. The molecule has 4 aromatic heterocycles. The minimum absolute atomic E-state index is 0.163. The van der Waals surface area contributed by atoms with Gasteiger partial charge >= 0.3 is 0 Å². The van der Waals surface area contributed by atoms with Gasteiger partial charge in [0.05, 0.1) is 30.7 Å². The first-order valence-corrected chi connectivity index (χ1v) is 12.4. The largest absolute Gasteiger partial charge is 0.317 e. The summed E-state index contributed by atoms with van der Waals surface area (Å²) in [6.07, 6.45) is 13.4. The molecule has 5 heterocycles. The molecule has 1 aliphatic heterocycles. The molecule has 10 heteroatoms. The molecule has 5 aromatic rings. The lowest BCUT2D eigenvalue weighted by atomic mass is 10.1. The van der Waals surface area contributed by atoms with Gasteiger partial charge in [-0.05, 0) is 43.6 Å². The number of nitrogens with one attached hydrogen (secondary N) is 1. The summed E-state index contributed by atoms with van der Waals surface area (Å²) in [6.45, 7) is 2.39. The number of aromatic nitrogens is 8. The van der Waals surface area contributed by atoms with Gasteiger partial charge in [-0.2, -0.15) is 15.3 Å². The Hall–Kier alpha value is -4.44. The highest BCUT2D eigenvalue weighted by Gasteiger charge is 2.16. The second-order valence-corrected chi connectivity index (χ2v) is 9.30. The van der Waals surface area contributed by atoms with Crippen LogP contribution in [0.25, 0.3) is 33.8 Å². The predicted molar refractivity (Wildman–Crippen MR) is 140 cm³/mol. The van der Waals surface area contributed by atoms with E-state index in [4.69, 9.17) is 0 Å². The quantitative estimate of drug-likeness (QED) is 0.387. The molecule has 0 aliphatic carbocycles. The first-order chi connectivity index (χ1) is 18.1. The molecule has 0 amide bonds. The second-order valence-electron chi connectivity index (χ2n) is 9.30. The van der Waals surface area contributed by atoms with Crippen LogP contribution in [-0.4, -0.2) is 52.4 Å². The van der Waals surface area contributed by atoms with Crippen molar-refractivity contribution in [3.05, 3.63) is 89.5 Å². The van der Waals surface area contributed by atoms with Gasteiger partial charge in [0.1, 0.15) is 0 Å². The molecule has 0 spiro atoms. The molecule has 37 heavy (non-hydrogen) atoms. The summed E-state index contributed by atoms with van der Waals surface area (Å²) < 4.78 is 5.24. The molecular weight excluding hydrogens is 466 g/mol. The Kier molecular flexibility index (Phi) is 6.15. The van der Waals surface area contributed by atoms with Crippen LogP contribution in [0, 0.1) is 0 Å². The van der Waals surface area contributed by atoms with E-state index in [1.54, 1.807) is 16.9 Å². The standard InChI is InChI=1S/C27H27N9O/c1-34-17-23(15-31-34)25-5-6-26(37)36(33-25)16-19-3-2-4-20(11-19)27-29-12-21(13-30-27)22-14-32-35(18-22)24-7-9-28-10-8-24/h2-6,11-15,17-18,24,28H,7-10,16H2,1H3. The fourth-order valence-corrected chi connectivity index (χ4v) is 4.64. The molecule has 1 fully saturated rings. The highest BCUT2D eigenvalue weighted by Crippen LogP contribution is 2.24. The average Bonchev–Trinajstić information content (AvgIpc) is 3.61. The van der Waals surface area contributed by atoms with Crippen molar-refractivity contribution in [3.63, 3.8) is 0 Å². The molecule has 6 rings (SSSR count). The number of nitrogens with zero attached hydrogens (tertiary/aromatic N) is 8. The normalized spacial score (nSPS) is 14.2. The van der Waals surface area contributed by atoms with Crippen molar-refractivity contribution >= 4 is 0 Å². The predicted octanol–water partition coefficient (Wildman–Crippen LogP) is 2.94. The van der Waals surface area contributed by atoms with Crippen molar-refractivity contribution in [1.29, 1.82) is 0 Å². The molecular formula is C27H27N9O. The zero-order valence-electron chi connectivity index (χ0n) is 20.5. The molecule has 0 radical (unpaired) electrons. The van der Waals surface area contributed by atoms with Crippen molar-refractivity contribution in [3.8, 4) is 33.8 Å². The summed E-state index contributed by atoms with van der Waals surface area (Å²) in [6, 6.07) is 11.6. The van der Waals surface area contributed by atoms with E-state index in [0.29, 0.717) is 24.1 Å². The Morgan fingerprint density at radius 2 is 1.70 bits per heavy atom. The van der Waals surface area contributed by atoms with Crippen LogP contribution in [0.2, 0.25) is 0 Å². The van der Waals surface area contributed by atoms with E-state index in [9.17, 15) is 4.79 Å². The molecule has 0 unspecified atom stereocenters. The van der Waals surface area contributed by atoms with Crippen LogP contribution in [0.1, 0.15) is 24.4 Å². The van der Waals surface area contributed by atoms with Gasteiger partial charge < -0.3 is 5.32 Å². The van der Waals surface area contributed by atoms with Crippen LogP contribution < -0.4 is 10.9 Å². The van der Waals surface area contributed by atoms with Crippen LogP contribution in [0.15, 0.2) is 78.4 Å². The van der Waals surface area contributed by atoms with Crippen LogP contribution >= 0.6 is 0 Å². The molecule has 0 bridgehead atoms. The van der Waals surface area contributed by atoms with Gasteiger partial charge in [-0.25, -0.2) is 14.6 Å². The summed E-state index contributed by atoms with van der Waals surface area (Å²) in [5.41, 5.74) is 5.16. The molecule has 1 N–H and O–H groups in total. The van der Waals surface area contributed by atoms with Crippen LogP contribution in [0.3, 0.4) is 0 Å². The maximum atomic E-state index is 12.5.